The molecule has 0 aliphatic rings. The molecule has 0 aliphatic heterocycles. The van der Waals surface area contributed by atoms with Crippen molar-refractivity contribution in [1.82, 2.24) is 89.1 Å². The first-order valence-electron chi connectivity index (χ1n) is 35.3. The number of esters is 1. The normalized spacial score (nSPS) is 11.0. The second-order valence-corrected chi connectivity index (χ2v) is 25.3. The number of ether oxygens (including phenoxy) is 7. The molecule has 113 heavy (non-hydrogen) atoms. The summed E-state index contributed by atoms with van der Waals surface area (Å²) >= 11 is 0. The molecule has 29 nitrogen and oxygen atoms in total. The Morgan fingerprint density at radius 1 is 0.425 bits per heavy atom. The van der Waals surface area contributed by atoms with Gasteiger partial charge in [-0.2, -0.15) is 15.3 Å². The first-order chi connectivity index (χ1) is 55.2. The highest BCUT2D eigenvalue weighted by molar-refractivity contribution is 5.88. The summed E-state index contributed by atoms with van der Waals surface area (Å²) in [5.41, 5.74) is 18.0. The Bertz CT molecular complexity index is 6070. The largest absolute Gasteiger partial charge is 0.497 e. The predicted octanol–water partition coefficient (Wildman–Crippen LogP) is 13.8. The lowest BCUT2D eigenvalue weighted by Crippen LogP contribution is -2.17. The van der Waals surface area contributed by atoms with Gasteiger partial charge in [-0.05, 0) is 96.9 Å². The molecule has 10 aromatic heterocycles. The summed E-state index contributed by atoms with van der Waals surface area (Å²) in [7, 11) is 16.7. The molecular formula is C84H75N21O8. The summed E-state index contributed by atoms with van der Waals surface area (Å²) in [5, 5.41) is 12.7. The third-order valence-corrected chi connectivity index (χ3v) is 17.9. The number of benzene rings is 6. The van der Waals surface area contributed by atoms with Gasteiger partial charge in [0, 0.05) is 182 Å². The molecule has 16 aromatic rings. The lowest BCUT2D eigenvalue weighted by atomic mass is 10.1. The molecule has 564 valence electrons. The topological polar surface area (TPSA) is 302 Å². The van der Waals surface area contributed by atoms with Gasteiger partial charge in [-0.1, -0.05) is 12.0 Å². The highest BCUT2D eigenvalue weighted by Crippen LogP contribution is 2.39. The van der Waals surface area contributed by atoms with Gasteiger partial charge in [0.2, 0.25) is 5.82 Å². The van der Waals surface area contributed by atoms with Crippen LogP contribution in [0.5, 0.6) is 34.5 Å². The molecule has 0 spiro atoms. The summed E-state index contributed by atoms with van der Waals surface area (Å²) in [4.78, 5) is 71.4. The van der Waals surface area contributed by atoms with Crippen molar-refractivity contribution in [2.45, 2.75) is 6.54 Å². The second kappa shape index (κ2) is 34.4. The van der Waals surface area contributed by atoms with Crippen LogP contribution < -0.4 is 43.1 Å². The minimum absolute atomic E-state index is 0.133. The minimum atomic E-state index is -0.557. The molecule has 29 heteroatoms. The lowest BCUT2D eigenvalue weighted by molar-refractivity contribution is 0.0593. The number of H-pyrrole nitrogens is 1. The number of nitrogens with one attached hydrogen (secondary N) is 1. The standard InChI is InChI=1S/C29H25N7O4.C28H25N7O2.C27H25N7O2/c1-35-18-19(16-32-35)27-17-31-24-8-7-20(14-26(24)33-27)36(21-12-22(38-2)15-23(13-21)39-3)11-5-6-28-30-10-9-25(34-28)29(37)40-4;1-34-16-18(14-31-34)28-15-30-24-7-6-20(12-27(24)33-28)35(21-10-22(36-2)13-23(11-21)37-3)17-19-9-26-25(32-19)5-4-8-29-26;1-33-18-19(16-31-33)26-17-30-24-8-7-20(14-25(24)32-26)34(11-4-6-27-28-9-5-10-29-27)21-12-22(35-2)15-23(13-21)36-3/h7-10,12-18H,11H2,1-4H3;4-16,32H,17H2,1-3H3;4-10,12-18H,11H2,1-3H3/b;;6-4-. The van der Waals surface area contributed by atoms with E-state index in [2.05, 4.69) is 93.9 Å². The van der Waals surface area contributed by atoms with E-state index in [1.165, 1.54) is 19.4 Å². The monoisotopic (exact) mass is 1510 g/mol. The molecule has 0 bridgehead atoms. The number of methoxy groups -OCH3 is 7. The average Bonchev–Trinajstić information content (AvgIpc) is 1.30. The van der Waals surface area contributed by atoms with E-state index in [4.69, 9.17) is 48.1 Å². The summed E-state index contributed by atoms with van der Waals surface area (Å²) in [6.07, 6.45) is 27.0. The third kappa shape index (κ3) is 17.8. The van der Waals surface area contributed by atoms with E-state index in [1.54, 1.807) is 125 Å². The number of aromatic nitrogens is 18. The van der Waals surface area contributed by atoms with Gasteiger partial charge >= 0.3 is 5.97 Å². The van der Waals surface area contributed by atoms with Gasteiger partial charge in [0.05, 0.1) is 161 Å². The van der Waals surface area contributed by atoms with Crippen LogP contribution >= 0.6 is 0 Å². The Labute approximate surface area is 648 Å². The van der Waals surface area contributed by atoms with Crippen molar-refractivity contribution in [2.24, 2.45) is 21.1 Å². The Morgan fingerprint density at radius 3 is 1.31 bits per heavy atom. The van der Waals surface area contributed by atoms with Crippen molar-refractivity contribution < 1.29 is 38.0 Å². The zero-order valence-corrected chi connectivity index (χ0v) is 63.3. The van der Waals surface area contributed by atoms with Crippen molar-refractivity contribution in [3.05, 3.63) is 249 Å². The number of carbonyl (C=O) groups is 1. The van der Waals surface area contributed by atoms with Crippen molar-refractivity contribution in [3.63, 3.8) is 0 Å². The van der Waals surface area contributed by atoms with E-state index >= 15 is 0 Å². The number of rotatable bonds is 22. The first kappa shape index (κ1) is 74.6. The molecule has 0 radical (unpaired) electrons. The number of nitrogens with zero attached hydrogens (tertiary/aromatic N) is 20. The zero-order valence-electron chi connectivity index (χ0n) is 63.3. The van der Waals surface area contributed by atoms with Crippen LogP contribution in [0.1, 0.15) is 27.8 Å². The van der Waals surface area contributed by atoms with Crippen LogP contribution in [0.4, 0.5) is 34.1 Å². The number of carbonyl (C=O) groups excluding carboxylic acids is 1. The van der Waals surface area contributed by atoms with Gasteiger partial charge in [0.15, 0.2) is 11.5 Å². The molecule has 0 unspecified atom stereocenters. The molecule has 0 amide bonds. The zero-order chi connectivity index (χ0) is 78.3. The van der Waals surface area contributed by atoms with Gasteiger partial charge in [0.25, 0.3) is 0 Å². The highest BCUT2D eigenvalue weighted by atomic mass is 16.5. The highest BCUT2D eigenvalue weighted by Gasteiger charge is 2.21. The molecule has 16 rings (SSSR count). The number of anilines is 6. The molecule has 0 aliphatic carbocycles. The second-order valence-electron chi connectivity index (χ2n) is 25.3. The van der Waals surface area contributed by atoms with Crippen LogP contribution in [0.25, 0.3) is 84.0 Å². The number of fused-ring (bicyclic) bond motifs is 4. The molecule has 0 fully saturated rings. The smallest absolute Gasteiger partial charge is 0.356 e. The molecule has 1 N–H and O–H groups in total. The quantitative estimate of drug-likeness (QED) is 0.0487. The number of aryl methyl sites for hydroxylation is 3. The molecule has 10 heterocycles. The number of hydrogen-bond donors (Lipinski definition) is 1. The predicted molar refractivity (Wildman–Crippen MR) is 431 cm³/mol. The molecular weight excluding hydrogens is 1430 g/mol. The molecule has 0 saturated carbocycles. The van der Waals surface area contributed by atoms with Gasteiger partial charge in [-0.25, -0.2) is 39.7 Å². The van der Waals surface area contributed by atoms with Crippen molar-refractivity contribution in [3.8, 4) is 80.1 Å². The van der Waals surface area contributed by atoms with Gasteiger partial charge in [0.1, 0.15) is 34.5 Å². The van der Waals surface area contributed by atoms with Gasteiger partial charge in [-0.15, -0.1) is 0 Å². The Hall–Kier alpha value is -15.2. The molecule has 6 aromatic carbocycles. The maximum atomic E-state index is 11.9. The van der Waals surface area contributed by atoms with E-state index in [0.717, 1.165) is 112 Å². The Morgan fingerprint density at radius 2 is 0.867 bits per heavy atom. The van der Waals surface area contributed by atoms with Crippen molar-refractivity contribution >= 4 is 90.3 Å². The maximum absolute atomic E-state index is 11.9. The maximum Gasteiger partial charge on any atom is 0.356 e. The lowest BCUT2D eigenvalue weighted by Gasteiger charge is -2.26. The summed E-state index contributed by atoms with van der Waals surface area (Å²) in [6, 6.07) is 44.4. The first-order valence-corrected chi connectivity index (χ1v) is 35.3. The fourth-order valence-corrected chi connectivity index (χ4v) is 12.2. The van der Waals surface area contributed by atoms with Gasteiger partial charge < -0.3 is 52.8 Å². The minimum Gasteiger partial charge on any atom is -0.497 e. The average molecular weight is 1510 g/mol. The van der Waals surface area contributed by atoms with Crippen LogP contribution in [-0.4, -0.2) is 158 Å². The van der Waals surface area contributed by atoms with Crippen molar-refractivity contribution in [2.75, 3.05) is 77.6 Å². The Balaban J connectivity index is 0.000000141. The fraction of sp³-hybridized carbons (Fsp3) is 0.155. The summed E-state index contributed by atoms with van der Waals surface area (Å²) in [6.45, 7) is 1.37. The SMILES string of the molecule is COC(=O)c1ccnc(C#CCN(c2cc(OC)cc(OC)c2)c2ccc3ncc(-c4cnn(C)c4)nc3c2)n1.COc1cc(OC)cc(N(C/C=C\c2ncccn2)c2ccc3ncc(-c4cnn(C)c4)nc3c2)c1.COc1cc(OC)cc(N(Cc2cc3ncccc3[nH]2)c2ccc3ncc(-c4cnn(C)c4)nc3c2)c1. The van der Waals surface area contributed by atoms with Crippen LogP contribution in [0.2, 0.25) is 0 Å². The van der Waals surface area contributed by atoms with Crippen LogP contribution in [0.15, 0.2) is 226 Å². The number of pyridine rings is 1. The van der Waals surface area contributed by atoms with E-state index in [-0.39, 0.29) is 18.1 Å². The fourth-order valence-electron chi connectivity index (χ4n) is 12.2. The van der Waals surface area contributed by atoms with Crippen LogP contribution in [0.3, 0.4) is 0 Å². The number of aromatic amines is 1. The van der Waals surface area contributed by atoms with E-state index < -0.39 is 5.97 Å². The van der Waals surface area contributed by atoms with Crippen LogP contribution in [0, 0.1) is 11.8 Å². The Kier molecular flexibility index (Phi) is 22.7. The third-order valence-electron chi connectivity index (χ3n) is 17.9. The van der Waals surface area contributed by atoms with E-state index in [1.807, 2.05) is 166 Å². The summed E-state index contributed by atoms with van der Waals surface area (Å²) in [5.74, 6) is 10.4. The number of hydrogen-bond acceptors (Lipinski definition) is 25. The van der Waals surface area contributed by atoms with Crippen molar-refractivity contribution in [1.29, 1.82) is 0 Å². The van der Waals surface area contributed by atoms with E-state index in [0.29, 0.717) is 58.9 Å². The van der Waals surface area contributed by atoms with E-state index in [9.17, 15) is 4.79 Å². The summed E-state index contributed by atoms with van der Waals surface area (Å²) < 4.78 is 43.1. The van der Waals surface area contributed by atoms with Gasteiger partial charge in [-0.3, -0.25) is 34.0 Å². The molecule has 0 atom stereocenters. The van der Waals surface area contributed by atoms with Crippen LogP contribution in [-0.2, 0) is 32.4 Å². The molecule has 0 saturated heterocycles.